The van der Waals surface area contributed by atoms with E-state index in [4.69, 9.17) is 4.98 Å². The number of carbonyl (C=O) groups excluding carboxylic acids is 1. The number of nitrogens with one attached hydrogen (secondary N) is 1. The number of amides is 1. The molecule has 26 heavy (non-hydrogen) atoms. The van der Waals surface area contributed by atoms with E-state index >= 15 is 0 Å². The predicted octanol–water partition coefficient (Wildman–Crippen LogP) is 4.29. The number of fused-ring (bicyclic) bond motifs is 1. The number of hydrogen-bond donors (Lipinski definition) is 1. The summed E-state index contributed by atoms with van der Waals surface area (Å²) in [6.07, 6.45) is 5.46. The average Bonchev–Trinajstić information content (AvgIpc) is 3.10. The van der Waals surface area contributed by atoms with Crippen LogP contribution in [0.25, 0.3) is 17.1 Å². The largest absolute Gasteiger partial charge is 0.342 e. The van der Waals surface area contributed by atoms with Crippen molar-refractivity contribution in [1.82, 2.24) is 14.9 Å². The van der Waals surface area contributed by atoms with Crippen LogP contribution >= 0.6 is 0 Å². The van der Waals surface area contributed by atoms with Crippen LogP contribution in [0.5, 0.6) is 0 Å². The van der Waals surface area contributed by atoms with Crippen LogP contribution in [0.4, 0.5) is 0 Å². The third-order valence-electron chi connectivity index (χ3n) is 5.07. The maximum atomic E-state index is 12.4. The normalized spacial score (nSPS) is 15.8. The number of aromatic nitrogens is 2. The van der Waals surface area contributed by atoms with Gasteiger partial charge in [0.05, 0.1) is 11.0 Å². The fourth-order valence-electron chi connectivity index (χ4n) is 3.55. The van der Waals surface area contributed by atoms with E-state index in [1.165, 1.54) is 5.56 Å². The molecule has 0 atom stereocenters. The molecule has 0 aliphatic carbocycles. The Kier molecular flexibility index (Phi) is 4.57. The van der Waals surface area contributed by atoms with Gasteiger partial charge in [0.15, 0.2) is 0 Å². The van der Waals surface area contributed by atoms with E-state index in [1.54, 1.807) is 6.08 Å². The lowest BCUT2D eigenvalue weighted by molar-refractivity contribution is -0.127. The number of imidazole rings is 1. The number of nitrogens with zero attached hydrogens (tertiary/aromatic N) is 2. The van der Waals surface area contributed by atoms with Gasteiger partial charge < -0.3 is 9.88 Å². The number of piperidine rings is 1. The topological polar surface area (TPSA) is 49.0 Å². The van der Waals surface area contributed by atoms with Gasteiger partial charge in [0, 0.05) is 25.1 Å². The Morgan fingerprint density at radius 2 is 1.92 bits per heavy atom. The van der Waals surface area contributed by atoms with Gasteiger partial charge in [-0.1, -0.05) is 36.4 Å². The Morgan fingerprint density at radius 1 is 1.15 bits per heavy atom. The van der Waals surface area contributed by atoms with E-state index in [0.29, 0.717) is 5.92 Å². The lowest BCUT2D eigenvalue weighted by atomic mass is 9.96. The zero-order valence-electron chi connectivity index (χ0n) is 15.0. The molecule has 4 rings (SSSR count). The van der Waals surface area contributed by atoms with E-state index in [-0.39, 0.29) is 5.91 Å². The van der Waals surface area contributed by atoms with Gasteiger partial charge in [0.25, 0.3) is 0 Å². The summed E-state index contributed by atoms with van der Waals surface area (Å²) in [7, 11) is 0. The first-order valence-corrected chi connectivity index (χ1v) is 9.17. The molecule has 0 saturated carbocycles. The smallest absolute Gasteiger partial charge is 0.246 e. The Balaban J connectivity index is 1.38. The van der Waals surface area contributed by atoms with E-state index in [2.05, 4.69) is 30.1 Å². The van der Waals surface area contributed by atoms with Crippen LogP contribution in [0.1, 0.15) is 35.7 Å². The summed E-state index contributed by atoms with van der Waals surface area (Å²) in [4.78, 5) is 22.6. The molecular formula is C22H23N3O. The predicted molar refractivity (Wildman–Crippen MR) is 105 cm³/mol. The highest BCUT2D eigenvalue weighted by Gasteiger charge is 2.24. The van der Waals surface area contributed by atoms with Gasteiger partial charge in [-0.05, 0) is 49.1 Å². The SMILES string of the molecule is Cc1ccc2nc(C3CCN(C(=O)C=Cc4ccccc4)CC3)[nH]c2c1. The number of likely N-dealkylation sites (tertiary alicyclic amines) is 1. The monoisotopic (exact) mass is 345 g/mol. The molecule has 0 unspecified atom stereocenters. The van der Waals surface area contributed by atoms with Crippen molar-refractivity contribution >= 4 is 23.0 Å². The second kappa shape index (κ2) is 7.16. The first-order chi connectivity index (χ1) is 12.7. The number of benzene rings is 2. The maximum Gasteiger partial charge on any atom is 0.246 e. The lowest BCUT2D eigenvalue weighted by Gasteiger charge is -2.30. The number of H-pyrrole nitrogens is 1. The summed E-state index contributed by atoms with van der Waals surface area (Å²) in [5.74, 6) is 1.54. The Labute approximate surface area is 153 Å². The third kappa shape index (κ3) is 3.54. The number of aryl methyl sites for hydroxylation is 1. The molecule has 0 spiro atoms. The summed E-state index contributed by atoms with van der Waals surface area (Å²) in [6.45, 7) is 3.64. The van der Waals surface area contributed by atoms with E-state index in [0.717, 1.165) is 48.4 Å². The molecule has 1 saturated heterocycles. The summed E-state index contributed by atoms with van der Waals surface area (Å²) in [5, 5.41) is 0. The van der Waals surface area contributed by atoms with Crippen LogP contribution in [-0.2, 0) is 4.79 Å². The molecule has 1 amide bonds. The van der Waals surface area contributed by atoms with E-state index in [1.807, 2.05) is 41.3 Å². The van der Waals surface area contributed by atoms with Crippen LogP contribution in [0.2, 0.25) is 0 Å². The van der Waals surface area contributed by atoms with Gasteiger partial charge in [-0.25, -0.2) is 4.98 Å². The van der Waals surface area contributed by atoms with Gasteiger partial charge >= 0.3 is 0 Å². The molecule has 1 aromatic heterocycles. The van der Waals surface area contributed by atoms with Crippen molar-refractivity contribution in [3.63, 3.8) is 0 Å². The second-order valence-electron chi connectivity index (χ2n) is 6.99. The summed E-state index contributed by atoms with van der Waals surface area (Å²) < 4.78 is 0. The van der Waals surface area contributed by atoms with Crippen molar-refractivity contribution in [3.8, 4) is 0 Å². The van der Waals surface area contributed by atoms with Crippen LogP contribution < -0.4 is 0 Å². The van der Waals surface area contributed by atoms with E-state index < -0.39 is 0 Å². The van der Waals surface area contributed by atoms with Gasteiger partial charge in [0.1, 0.15) is 5.82 Å². The first-order valence-electron chi connectivity index (χ1n) is 9.17. The highest BCUT2D eigenvalue weighted by Crippen LogP contribution is 2.28. The van der Waals surface area contributed by atoms with Crippen molar-refractivity contribution in [2.45, 2.75) is 25.7 Å². The highest BCUT2D eigenvalue weighted by atomic mass is 16.2. The second-order valence-corrected chi connectivity index (χ2v) is 6.99. The first kappa shape index (κ1) is 16.6. The summed E-state index contributed by atoms with van der Waals surface area (Å²) >= 11 is 0. The molecule has 4 heteroatoms. The number of hydrogen-bond acceptors (Lipinski definition) is 2. The molecule has 1 N–H and O–H groups in total. The van der Waals surface area contributed by atoms with E-state index in [9.17, 15) is 4.79 Å². The third-order valence-corrected chi connectivity index (χ3v) is 5.07. The average molecular weight is 345 g/mol. The van der Waals surface area contributed by atoms with Gasteiger partial charge in [-0.15, -0.1) is 0 Å². The Bertz CT molecular complexity index is 934. The number of rotatable bonds is 3. The highest BCUT2D eigenvalue weighted by molar-refractivity contribution is 5.91. The van der Waals surface area contributed by atoms with Crippen molar-refractivity contribution in [2.75, 3.05) is 13.1 Å². The standard InChI is InChI=1S/C22H23N3O/c1-16-7-9-19-20(15-16)24-22(23-19)18-11-13-25(14-12-18)21(26)10-8-17-5-3-2-4-6-17/h2-10,15,18H,11-14H2,1H3,(H,23,24). The minimum absolute atomic E-state index is 0.0903. The van der Waals surface area contributed by atoms with Crippen LogP contribution in [0.15, 0.2) is 54.6 Å². The minimum atomic E-state index is 0.0903. The molecule has 3 aromatic rings. The summed E-state index contributed by atoms with van der Waals surface area (Å²) in [6, 6.07) is 16.2. The molecule has 0 bridgehead atoms. The molecule has 2 aromatic carbocycles. The number of aromatic amines is 1. The fraction of sp³-hybridized carbons (Fsp3) is 0.273. The molecule has 1 fully saturated rings. The molecule has 1 aliphatic heterocycles. The van der Waals surface area contributed by atoms with Crippen molar-refractivity contribution in [3.05, 3.63) is 71.6 Å². The van der Waals surface area contributed by atoms with Gasteiger partial charge in [-0.2, -0.15) is 0 Å². The maximum absolute atomic E-state index is 12.4. The van der Waals surface area contributed by atoms with Crippen LogP contribution in [0, 0.1) is 6.92 Å². The Hall–Kier alpha value is -2.88. The molecule has 4 nitrogen and oxygen atoms in total. The van der Waals surface area contributed by atoms with Crippen LogP contribution in [0.3, 0.4) is 0 Å². The molecule has 2 heterocycles. The van der Waals surface area contributed by atoms with Crippen molar-refractivity contribution < 1.29 is 4.79 Å². The van der Waals surface area contributed by atoms with Crippen molar-refractivity contribution in [2.24, 2.45) is 0 Å². The van der Waals surface area contributed by atoms with Gasteiger partial charge in [0.2, 0.25) is 5.91 Å². The van der Waals surface area contributed by atoms with Crippen LogP contribution in [-0.4, -0.2) is 33.9 Å². The molecule has 0 radical (unpaired) electrons. The molecule has 1 aliphatic rings. The molecule has 132 valence electrons. The fourth-order valence-corrected chi connectivity index (χ4v) is 3.55. The zero-order chi connectivity index (χ0) is 17.9. The lowest BCUT2D eigenvalue weighted by Crippen LogP contribution is -2.37. The Morgan fingerprint density at radius 3 is 2.69 bits per heavy atom. The minimum Gasteiger partial charge on any atom is -0.342 e. The summed E-state index contributed by atoms with van der Waals surface area (Å²) in [5.41, 5.74) is 4.41. The number of carbonyl (C=O) groups is 1. The quantitative estimate of drug-likeness (QED) is 0.720. The van der Waals surface area contributed by atoms with Gasteiger partial charge in [-0.3, -0.25) is 4.79 Å². The molecular weight excluding hydrogens is 322 g/mol. The zero-order valence-corrected chi connectivity index (χ0v) is 15.0. The van der Waals surface area contributed by atoms with Crippen molar-refractivity contribution in [1.29, 1.82) is 0 Å².